The third-order valence-corrected chi connectivity index (χ3v) is 2.40. The van der Waals surface area contributed by atoms with Crippen LogP contribution in [-0.2, 0) is 11.3 Å². The lowest BCUT2D eigenvalue weighted by atomic mass is 10.2. The van der Waals surface area contributed by atoms with Crippen LogP contribution in [0.25, 0.3) is 0 Å². The summed E-state index contributed by atoms with van der Waals surface area (Å²) < 4.78 is 13.5. The van der Waals surface area contributed by atoms with Crippen LogP contribution in [0.4, 0.5) is 10.1 Å². The van der Waals surface area contributed by atoms with E-state index in [9.17, 15) is 19.3 Å². The van der Waals surface area contributed by atoms with E-state index < -0.39 is 16.7 Å². The summed E-state index contributed by atoms with van der Waals surface area (Å²) in [6, 6.07) is 3.43. The molecule has 0 amide bonds. The van der Waals surface area contributed by atoms with E-state index in [1.54, 1.807) is 11.9 Å². The van der Waals surface area contributed by atoms with Crippen molar-refractivity contribution in [3.8, 4) is 0 Å². The van der Waals surface area contributed by atoms with Gasteiger partial charge < -0.3 is 10.0 Å². The lowest BCUT2D eigenvalue weighted by molar-refractivity contribution is -0.385. The molecule has 1 aromatic rings. The standard InChI is InChI=1S/C11H13FN2O4.ClH/c1-13(5-4-11(15)16)7-8-2-3-9(14(17)18)6-10(8)12;/h2-3,6H,4-5,7H2,1H3,(H,15,16);1H. The predicted molar refractivity (Wildman–Crippen MR) is 68.9 cm³/mol. The van der Waals surface area contributed by atoms with Crippen molar-refractivity contribution in [2.24, 2.45) is 0 Å². The Morgan fingerprint density at radius 1 is 1.53 bits per heavy atom. The molecule has 8 heteroatoms. The second-order valence-electron chi connectivity index (χ2n) is 3.91. The molecule has 1 rings (SSSR count). The van der Waals surface area contributed by atoms with Crippen molar-refractivity contribution >= 4 is 24.1 Å². The molecule has 0 aromatic heterocycles. The van der Waals surface area contributed by atoms with Crippen molar-refractivity contribution in [2.75, 3.05) is 13.6 Å². The van der Waals surface area contributed by atoms with Crippen LogP contribution in [-0.4, -0.2) is 34.5 Å². The number of nitro benzene ring substituents is 1. The smallest absolute Gasteiger partial charge is 0.304 e. The quantitative estimate of drug-likeness (QED) is 0.641. The normalized spacial score (nSPS) is 10.1. The van der Waals surface area contributed by atoms with Gasteiger partial charge in [0.2, 0.25) is 0 Å². The Morgan fingerprint density at radius 2 is 2.16 bits per heavy atom. The average molecular weight is 293 g/mol. The van der Waals surface area contributed by atoms with E-state index >= 15 is 0 Å². The van der Waals surface area contributed by atoms with Crippen molar-refractivity contribution in [1.29, 1.82) is 0 Å². The zero-order valence-electron chi connectivity index (χ0n) is 10.2. The van der Waals surface area contributed by atoms with Gasteiger partial charge >= 0.3 is 5.97 Å². The summed E-state index contributed by atoms with van der Waals surface area (Å²) in [6.45, 7) is 0.489. The van der Waals surface area contributed by atoms with Crippen molar-refractivity contribution < 1.29 is 19.2 Å². The molecule has 19 heavy (non-hydrogen) atoms. The number of carbonyl (C=O) groups is 1. The molecule has 1 aromatic carbocycles. The molecule has 0 saturated heterocycles. The molecule has 0 fully saturated rings. The van der Waals surface area contributed by atoms with E-state index in [-0.39, 0.29) is 37.6 Å². The van der Waals surface area contributed by atoms with Gasteiger partial charge in [0, 0.05) is 24.7 Å². The highest BCUT2D eigenvalue weighted by Gasteiger charge is 2.12. The van der Waals surface area contributed by atoms with Gasteiger partial charge in [-0.15, -0.1) is 12.4 Å². The number of nitrogens with zero attached hydrogens (tertiary/aromatic N) is 2. The first kappa shape index (κ1) is 17.3. The minimum Gasteiger partial charge on any atom is -0.481 e. The SMILES string of the molecule is CN(CCC(=O)O)Cc1ccc([N+](=O)[O-])cc1F.Cl. The maximum Gasteiger partial charge on any atom is 0.304 e. The van der Waals surface area contributed by atoms with Crippen LogP contribution in [0.1, 0.15) is 12.0 Å². The third kappa shape index (κ3) is 5.62. The molecule has 0 aliphatic carbocycles. The van der Waals surface area contributed by atoms with E-state index in [1.165, 1.54) is 12.1 Å². The van der Waals surface area contributed by atoms with Crippen LogP contribution >= 0.6 is 12.4 Å². The highest BCUT2D eigenvalue weighted by molar-refractivity contribution is 5.85. The van der Waals surface area contributed by atoms with Gasteiger partial charge in [-0.2, -0.15) is 0 Å². The number of benzene rings is 1. The number of nitro groups is 1. The molecule has 0 unspecified atom stereocenters. The van der Waals surface area contributed by atoms with Crippen LogP contribution in [0, 0.1) is 15.9 Å². The van der Waals surface area contributed by atoms with Gasteiger partial charge in [-0.1, -0.05) is 0 Å². The van der Waals surface area contributed by atoms with Crippen molar-refractivity contribution in [1.82, 2.24) is 4.90 Å². The Labute approximate surface area is 115 Å². The van der Waals surface area contributed by atoms with Gasteiger partial charge in [-0.3, -0.25) is 14.9 Å². The van der Waals surface area contributed by atoms with Crippen LogP contribution < -0.4 is 0 Å². The van der Waals surface area contributed by atoms with E-state index in [0.29, 0.717) is 5.56 Å². The minimum absolute atomic E-state index is 0. The Kier molecular flexibility index (Phi) is 6.95. The molecule has 0 heterocycles. The molecular weight excluding hydrogens is 279 g/mol. The molecular formula is C11H14ClFN2O4. The minimum atomic E-state index is -0.925. The highest BCUT2D eigenvalue weighted by Crippen LogP contribution is 2.17. The topological polar surface area (TPSA) is 83.7 Å². The molecule has 0 bridgehead atoms. The molecule has 106 valence electrons. The number of carboxylic acids is 1. The molecule has 0 atom stereocenters. The summed E-state index contributed by atoms with van der Waals surface area (Å²) in [5.41, 5.74) is -0.00192. The summed E-state index contributed by atoms with van der Waals surface area (Å²) in [7, 11) is 1.66. The maximum absolute atomic E-state index is 13.5. The molecule has 0 saturated carbocycles. The second kappa shape index (κ2) is 7.65. The zero-order chi connectivity index (χ0) is 13.7. The summed E-state index contributed by atoms with van der Waals surface area (Å²) in [5, 5.41) is 18.9. The lowest BCUT2D eigenvalue weighted by Crippen LogP contribution is -2.21. The van der Waals surface area contributed by atoms with E-state index in [2.05, 4.69) is 0 Å². The van der Waals surface area contributed by atoms with Gasteiger partial charge in [0.15, 0.2) is 0 Å². The number of halogens is 2. The monoisotopic (exact) mass is 292 g/mol. The van der Waals surface area contributed by atoms with E-state index in [0.717, 1.165) is 6.07 Å². The highest BCUT2D eigenvalue weighted by atomic mass is 35.5. The molecule has 0 aliphatic heterocycles. The number of rotatable bonds is 6. The zero-order valence-corrected chi connectivity index (χ0v) is 11.0. The van der Waals surface area contributed by atoms with E-state index in [1.807, 2.05) is 0 Å². The summed E-state index contributed by atoms with van der Waals surface area (Å²) in [4.78, 5) is 21.8. The fourth-order valence-electron chi connectivity index (χ4n) is 1.43. The summed E-state index contributed by atoms with van der Waals surface area (Å²) in [6.07, 6.45) is -0.0366. The lowest BCUT2D eigenvalue weighted by Gasteiger charge is -2.15. The molecule has 0 aliphatic rings. The predicted octanol–water partition coefficient (Wildman–Crippen LogP) is 2.06. The summed E-state index contributed by atoms with van der Waals surface area (Å²) >= 11 is 0. The van der Waals surface area contributed by atoms with Gasteiger partial charge in [-0.05, 0) is 13.1 Å². The number of hydrogen-bond acceptors (Lipinski definition) is 4. The van der Waals surface area contributed by atoms with E-state index in [4.69, 9.17) is 5.11 Å². The second-order valence-corrected chi connectivity index (χ2v) is 3.91. The van der Waals surface area contributed by atoms with Gasteiger partial charge in [0.1, 0.15) is 5.82 Å². The van der Waals surface area contributed by atoms with Crippen molar-refractivity contribution in [3.63, 3.8) is 0 Å². The average Bonchev–Trinajstić information content (AvgIpc) is 2.29. The number of hydrogen-bond donors (Lipinski definition) is 1. The molecule has 0 spiro atoms. The molecule has 1 N–H and O–H groups in total. The third-order valence-electron chi connectivity index (χ3n) is 2.40. The Morgan fingerprint density at radius 3 is 2.63 bits per heavy atom. The fourth-order valence-corrected chi connectivity index (χ4v) is 1.43. The Balaban J connectivity index is 0.00000324. The van der Waals surface area contributed by atoms with Crippen molar-refractivity contribution in [3.05, 3.63) is 39.7 Å². The van der Waals surface area contributed by atoms with Gasteiger partial charge in [-0.25, -0.2) is 4.39 Å². The van der Waals surface area contributed by atoms with Crippen LogP contribution in [0.3, 0.4) is 0 Å². The first-order chi connectivity index (χ1) is 8.40. The van der Waals surface area contributed by atoms with Gasteiger partial charge in [0.05, 0.1) is 17.4 Å². The maximum atomic E-state index is 13.5. The molecule has 6 nitrogen and oxygen atoms in total. The first-order valence-electron chi connectivity index (χ1n) is 5.23. The van der Waals surface area contributed by atoms with Crippen LogP contribution in [0.2, 0.25) is 0 Å². The Bertz CT molecular complexity index is 470. The fraction of sp³-hybridized carbons (Fsp3) is 0.364. The van der Waals surface area contributed by atoms with Crippen LogP contribution in [0.15, 0.2) is 18.2 Å². The number of non-ortho nitro benzene ring substituents is 1. The Hall–Kier alpha value is -1.73. The van der Waals surface area contributed by atoms with Crippen molar-refractivity contribution in [2.45, 2.75) is 13.0 Å². The number of carboxylic acid groups (broad SMARTS) is 1. The first-order valence-corrected chi connectivity index (χ1v) is 5.23. The number of aliphatic carboxylic acids is 1. The van der Waals surface area contributed by atoms with Crippen LogP contribution in [0.5, 0.6) is 0 Å². The summed E-state index contributed by atoms with van der Waals surface area (Å²) in [5.74, 6) is -1.59. The molecule has 0 radical (unpaired) electrons. The largest absolute Gasteiger partial charge is 0.481 e. The van der Waals surface area contributed by atoms with Gasteiger partial charge in [0.25, 0.3) is 5.69 Å².